The van der Waals surface area contributed by atoms with Gasteiger partial charge < -0.3 is 4.74 Å². The number of rotatable bonds is 6. The van der Waals surface area contributed by atoms with E-state index in [1.807, 2.05) is 30.3 Å². The molecule has 0 aliphatic heterocycles. The first-order valence-electron chi connectivity index (χ1n) is 7.24. The van der Waals surface area contributed by atoms with Gasteiger partial charge in [0.2, 0.25) is 0 Å². The molecule has 118 valence electrons. The van der Waals surface area contributed by atoms with Crippen LogP contribution in [0.4, 0.5) is 0 Å². The summed E-state index contributed by atoms with van der Waals surface area (Å²) in [6, 6.07) is 9.40. The van der Waals surface area contributed by atoms with Gasteiger partial charge in [-0.2, -0.15) is 0 Å². The van der Waals surface area contributed by atoms with E-state index in [4.69, 9.17) is 9.52 Å². The fourth-order valence-electron chi connectivity index (χ4n) is 2.21. The summed E-state index contributed by atoms with van der Waals surface area (Å²) in [6.45, 7) is 4.64. The Labute approximate surface area is 132 Å². The summed E-state index contributed by atoms with van der Waals surface area (Å²) in [5.41, 5.74) is 2.07. The van der Waals surface area contributed by atoms with Crippen molar-refractivity contribution in [3.8, 4) is 5.75 Å². The highest BCUT2D eigenvalue weighted by Crippen LogP contribution is 2.27. The molecule has 0 saturated carbocycles. The standard InChI is InChI=1S/C17H22N2O2S/c1-13(2)10-15-4-5-16(17(11-15)22(3,18)20)21-12-14-6-8-19-9-7-14/h4-9,11,13,18H,10,12H2,1-3H3. The van der Waals surface area contributed by atoms with Crippen LogP contribution in [-0.4, -0.2) is 15.4 Å². The topological polar surface area (TPSA) is 63.0 Å². The van der Waals surface area contributed by atoms with E-state index >= 15 is 0 Å². The Morgan fingerprint density at radius 3 is 2.45 bits per heavy atom. The largest absolute Gasteiger partial charge is 0.488 e. The molecule has 2 aromatic rings. The fourth-order valence-corrected chi connectivity index (χ4v) is 3.10. The zero-order valence-electron chi connectivity index (χ0n) is 13.2. The maximum Gasteiger partial charge on any atom is 0.136 e. The second kappa shape index (κ2) is 6.92. The van der Waals surface area contributed by atoms with Crippen molar-refractivity contribution in [2.24, 2.45) is 5.92 Å². The summed E-state index contributed by atoms with van der Waals surface area (Å²) in [7, 11) is -2.83. The molecule has 0 radical (unpaired) electrons. The van der Waals surface area contributed by atoms with Gasteiger partial charge in [0.05, 0.1) is 14.6 Å². The summed E-state index contributed by atoms with van der Waals surface area (Å²) < 4.78 is 25.9. The van der Waals surface area contributed by atoms with Crippen LogP contribution in [0, 0.1) is 10.7 Å². The van der Waals surface area contributed by atoms with E-state index in [1.165, 1.54) is 6.26 Å². The molecule has 0 fully saturated rings. The molecule has 0 amide bonds. The second-order valence-electron chi connectivity index (χ2n) is 5.87. The van der Waals surface area contributed by atoms with Crippen molar-refractivity contribution in [3.05, 3.63) is 53.9 Å². The molecule has 4 nitrogen and oxygen atoms in total. The third-order valence-corrected chi connectivity index (χ3v) is 4.37. The molecule has 0 spiro atoms. The van der Waals surface area contributed by atoms with E-state index in [0.29, 0.717) is 23.2 Å². The summed E-state index contributed by atoms with van der Waals surface area (Å²) >= 11 is 0. The number of nitrogens with zero attached hydrogens (tertiary/aromatic N) is 1. The van der Waals surface area contributed by atoms with Gasteiger partial charge in [-0.25, -0.2) is 8.99 Å². The maximum absolute atomic E-state index is 12.2. The Bertz CT molecular complexity index is 726. The van der Waals surface area contributed by atoms with Crippen LogP contribution in [0.5, 0.6) is 5.75 Å². The smallest absolute Gasteiger partial charge is 0.136 e. The van der Waals surface area contributed by atoms with E-state index < -0.39 is 9.73 Å². The zero-order chi connectivity index (χ0) is 16.2. The number of pyridine rings is 1. The Balaban J connectivity index is 2.26. The number of nitrogens with one attached hydrogen (secondary N) is 1. The first kappa shape index (κ1) is 16.5. The number of aromatic nitrogens is 1. The van der Waals surface area contributed by atoms with Gasteiger partial charge in [0.15, 0.2) is 0 Å². The lowest BCUT2D eigenvalue weighted by molar-refractivity contribution is 0.298. The van der Waals surface area contributed by atoms with Gasteiger partial charge in [-0.05, 0) is 47.7 Å². The minimum atomic E-state index is -2.83. The van der Waals surface area contributed by atoms with Crippen molar-refractivity contribution in [1.29, 1.82) is 4.78 Å². The predicted molar refractivity (Wildman–Crippen MR) is 88.6 cm³/mol. The number of benzene rings is 1. The predicted octanol–water partition coefficient (Wildman–Crippen LogP) is 3.89. The van der Waals surface area contributed by atoms with Crippen molar-refractivity contribution >= 4 is 9.73 Å². The molecule has 1 aromatic heterocycles. The first-order chi connectivity index (χ1) is 10.4. The van der Waals surface area contributed by atoms with Crippen molar-refractivity contribution in [3.63, 3.8) is 0 Å². The van der Waals surface area contributed by atoms with Gasteiger partial charge in [-0.1, -0.05) is 19.9 Å². The quantitative estimate of drug-likeness (QED) is 0.878. The van der Waals surface area contributed by atoms with E-state index in [2.05, 4.69) is 18.8 Å². The molecule has 5 heteroatoms. The van der Waals surface area contributed by atoms with Crippen molar-refractivity contribution < 1.29 is 8.95 Å². The van der Waals surface area contributed by atoms with Crippen LogP contribution in [-0.2, 0) is 22.8 Å². The molecule has 1 N–H and O–H groups in total. The van der Waals surface area contributed by atoms with Crippen LogP contribution in [0.15, 0.2) is 47.6 Å². The lowest BCUT2D eigenvalue weighted by Gasteiger charge is -2.14. The summed E-state index contributed by atoms with van der Waals surface area (Å²) in [5.74, 6) is 1.03. The molecule has 22 heavy (non-hydrogen) atoms. The number of ether oxygens (including phenoxy) is 1. The van der Waals surface area contributed by atoms with Crippen LogP contribution in [0.3, 0.4) is 0 Å². The minimum Gasteiger partial charge on any atom is -0.488 e. The molecule has 0 bridgehead atoms. The van der Waals surface area contributed by atoms with Crippen LogP contribution in [0.2, 0.25) is 0 Å². The number of hydrogen-bond acceptors (Lipinski definition) is 4. The molecule has 1 atom stereocenters. The summed E-state index contributed by atoms with van der Waals surface area (Å²) in [5, 5.41) is 0. The van der Waals surface area contributed by atoms with Crippen molar-refractivity contribution in [1.82, 2.24) is 4.98 Å². The third kappa shape index (κ3) is 4.56. The van der Waals surface area contributed by atoms with Crippen LogP contribution < -0.4 is 4.74 Å². The summed E-state index contributed by atoms with van der Waals surface area (Å²) in [6.07, 6.45) is 5.74. The highest BCUT2D eigenvalue weighted by molar-refractivity contribution is 7.91. The fraction of sp³-hybridized carbons (Fsp3) is 0.353. The molecular weight excluding hydrogens is 296 g/mol. The SMILES string of the molecule is CC(C)Cc1ccc(OCc2ccncc2)c(S(C)(=N)=O)c1. The van der Waals surface area contributed by atoms with Crippen LogP contribution in [0.25, 0.3) is 0 Å². The lowest BCUT2D eigenvalue weighted by Crippen LogP contribution is -2.04. The van der Waals surface area contributed by atoms with Gasteiger partial charge >= 0.3 is 0 Å². The monoisotopic (exact) mass is 318 g/mol. The first-order valence-corrected chi connectivity index (χ1v) is 9.21. The zero-order valence-corrected chi connectivity index (χ0v) is 14.0. The van der Waals surface area contributed by atoms with E-state index in [9.17, 15) is 4.21 Å². The third-order valence-electron chi connectivity index (χ3n) is 3.22. The Hall–Kier alpha value is -1.88. The van der Waals surface area contributed by atoms with Crippen molar-refractivity contribution in [2.75, 3.05) is 6.26 Å². The van der Waals surface area contributed by atoms with Gasteiger partial charge in [0, 0.05) is 18.6 Å². The van der Waals surface area contributed by atoms with E-state index in [1.54, 1.807) is 12.4 Å². The Morgan fingerprint density at radius 1 is 1.18 bits per heavy atom. The second-order valence-corrected chi connectivity index (χ2v) is 7.99. The van der Waals surface area contributed by atoms with Crippen molar-refractivity contribution in [2.45, 2.75) is 31.8 Å². The molecule has 1 unspecified atom stereocenters. The van der Waals surface area contributed by atoms with Gasteiger partial charge in [-0.3, -0.25) is 4.98 Å². The van der Waals surface area contributed by atoms with E-state index in [-0.39, 0.29) is 0 Å². The van der Waals surface area contributed by atoms with E-state index in [0.717, 1.165) is 17.5 Å². The molecule has 1 aromatic carbocycles. The minimum absolute atomic E-state index is 0.370. The summed E-state index contributed by atoms with van der Waals surface area (Å²) in [4.78, 5) is 4.44. The lowest BCUT2D eigenvalue weighted by atomic mass is 10.0. The Morgan fingerprint density at radius 2 is 1.86 bits per heavy atom. The molecule has 0 aliphatic rings. The maximum atomic E-state index is 12.2. The molecule has 0 saturated heterocycles. The Kier molecular flexibility index (Phi) is 5.19. The highest BCUT2D eigenvalue weighted by Gasteiger charge is 2.13. The molecular formula is C17H22N2O2S. The average Bonchev–Trinajstić information content (AvgIpc) is 2.45. The molecule has 2 rings (SSSR count). The number of hydrogen-bond donors (Lipinski definition) is 1. The normalized spacial score (nSPS) is 13.8. The van der Waals surface area contributed by atoms with Crippen LogP contribution >= 0.6 is 0 Å². The van der Waals surface area contributed by atoms with Crippen LogP contribution in [0.1, 0.15) is 25.0 Å². The van der Waals surface area contributed by atoms with Gasteiger partial charge in [0.25, 0.3) is 0 Å². The van der Waals surface area contributed by atoms with Gasteiger partial charge in [-0.15, -0.1) is 0 Å². The van der Waals surface area contributed by atoms with Gasteiger partial charge in [0.1, 0.15) is 12.4 Å². The molecule has 0 aliphatic carbocycles. The molecule has 1 heterocycles. The highest BCUT2D eigenvalue weighted by atomic mass is 32.2. The average molecular weight is 318 g/mol.